The van der Waals surface area contributed by atoms with Crippen molar-refractivity contribution in [3.8, 4) is 0 Å². The van der Waals surface area contributed by atoms with E-state index in [2.05, 4.69) is 22.2 Å². The van der Waals surface area contributed by atoms with E-state index in [0.29, 0.717) is 5.15 Å². The SMILES string of the molecule is CCc1nc(Cl)c(C)c(NC(C)c2ccc(Cl)cc2)n1. The fourth-order valence-electron chi connectivity index (χ4n) is 1.87. The minimum atomic E-state index is 0.113. The number of aromatic nitrogens is 2. The van der Waals surface area contributed by atoms with Crippen molar-refractivity contribution in [3.05, 3.63) is 51.4 Å². The first-order chi connectivity index (χ1) is 9.51. The summed E-state index contributed by atoms with van der Waals surface area (Å²) in [5.74, 6) is 1.52. The van der Waals surface area contributed by atoms with Crippen LogP contribution in [0, 0.1) is 6.92 Å². The van der Waals surface area contributed by atoms with Gasteiger partial charge >= 0.3 is 0 Å². The molecule has 0 aliphatic rings. The van der Waals surface area contributed by atoms with Crippen LogP contribution >= 0.6 is 23.2 Å². The lowest BCUT2D eigenvalue weighted by Crippen LogP contribution is -2.11. The molecule has 2 aromatic rings. The van der Waals surface area contributed by atoms with E-state index in [1.54, 1.807) is 0 Å². The van der Waals surface area contributed by atoms with E-state index in [1.807, 2.05) is 38.1 Å². The second kappa shape index (κ2) is 6.42. The van der Waals surface area contributed by atoms with E-state index in [9.17, 15) is 0 Å². The zero-order chi connectivity index (χ0) is 14.7. The summed E-state index contributed by atoms with van der Waals surface area (Å²) in [5.41, 5.74) is 2.01. The summed E-state index contributed by atoms with van der Waals surface area (Å²) in [6, 6.07) is 7.87. The maximum atomic E-state index is 6.14. The number of halogens is 2. The first-order valence-electron chi connectivity index (χ1n) is 6.56. The lowest BCUT2D eigenvalue weighted by atomic mass is 10.1. The molecule has 3 nitrogen and oxygen atoms in total. The minimum Gasteiger partial charge on any atom is -0.363 e. The Kier molecular flexibility index (Phi) is 4.84. The summed E-state index contributed by atoms with van der Waals surface area (Å²) < 4.78 is 0. The molecule has 2 rings (SSSR count). The molecular weight excluding hydrogens is 293 g/mol. The molecule has 0 saturated carbocycles. The second-order valence-corrected chi connectivity index (χ2v) is 5.47. The third-order valence-corrected chi connectivity index (χ3v) is 3.79. The number of hydrogen-bond donors (Lipinski definition) is 1. The molecular formula is C15H17Cl2N3. The van der Waals surface area contributed by atoms with Gasteiger partial charge in [0, 0.05) is 23.0 Å². The van der Waals surface area contributed by atoms with Crippen LogP contribution in [-0.2, 0) is 6.42 Å². The molecule has 1 N–H and O–H groups in total. The molecule has 1 atom stereocenters. The van der Waals surface area contributed by atoms with Gasteiger partial charge in [0.1, 0.15) is 16.8 Å². The molecule has 1 unspecified atom stereocenters. The fraction of sp³-hybridized carbons (Fsp3) is 0.333. The van der Waals surface area contributed by atoms with Crippen LogP contribution in [0.4, 0.5) is 5.82 Å². The molecule has 5 heteroatoms. The van der Waals surface area contributed by atoms with E-state index in [1.165, 1.54) is 0 Å². The lowest BCUT2D eigenvalue weighted by Gasteiger charge is -2.17. The van der Waals surface area contributed by atoms with Gasteiger partial charge in [-0.25, -0.2) is 9.97 Å². The van der Waals surface area contributed by atoms with Crippen molar-refractivity contribution in [3.63, 3.8) is 0 Å². The molecule has 0 fully saturated rings. The highest BCUT2D eigenvalue weighted by Crippen LogP contribution is 2.25. The summed E-state index contributed by atoms with van der Waals surface area (Å²) in [4.78, 5) is 8.74. The van der Waals surface area contributed by atoms with Gasteiger partial charge in [-0.05, 0) is 31.5 Å². The molecule has 0 saturated heterocycles. The molecule has 1 heterocycles. The van der Waals surface area contributed by atoms with Crippen LogP contribution in [0.15, 0.2) is 24.3 Å². The van der Waals surface area contributed by atoms with Crippen LogP contribution in [0.3, 0.4) is 0 Å². The standard InChI is InChI=1S/C15H17Cl2N3/c1-4-13-19-14(17)9(2)15(20-13)18-10(3)11-5-7-12(16)8-6-11/h5-8,10H,4H2,1-3H3,(H,18,19,20). The predicted molar refractivity (Wildman–Crippen MR) is 84.6 cm³/mol. The quantitative estimate of drug-likeness (QED) is 0.822. The Hall–Kier alpha value is -1.32. The summed E-state index contributed by atoms with van der Waals surface area (Å²) in [6.07, 6.45) is 0.754. The van der Waals surface area contributed by atoms with Gasteiger partial charge in [0.25, 0.3) is 0 Å². The van der Waals surface area contributed by atoms with Gasteiger partial charge in [-0.1, -0.05) is 42.3 Å². The number of nitrogens with one attached hydrogen (secondary N) is 1. The number of benzene rings is 1. The van der Waals surface area contributed by atoms with E-state index in [0.717, 1.165) is 34.2 Å². The van der Waals surface area contributed by atoms with E-state index in [4.69, 9.17) is 23.2 Å². The number of anilines is 1. The Labute approximate surface area is 129 Å². The molecule has 1 aromatic carbocycles. The Morgan fingerprint density at radius 1 is 1.15 bits per heavy atom. The lowest BCUT2D eigenvalue weighted by molar-refractivity contribution is 0.851. The van der Waals surface area contributed by atoms with Crippen LogP contribution in [0.1, 0.15) is 36.8 Å². The highest BCUT2D eigenvalue weighted by molar-refractivity contribution is 6.30. The van der Waals surface area contributed by atoms with Crippen molar-refractivity contribution >= 4 is 29.0 Å². The summed E-state index contributed by atoms with van der Waals surface area (Å²) in [5, 5.41) is 4.62. The largest absolute Gasteiger partial charge is 0.363 e. The van der Waals surface area contributed by atoms with Crippen LogP contribution in [0.5, 0.6) is 0 Å². The third kappa shape index (κ3) is 3.41. The monoisotopic (exact) mass is 309 g/mol. The zero-order valence-corrected chi connectivity index (χ0v) is 13.3. The molecule has 0 bridgehead atoms. The topological polar surface area (TPSA) is 37.8 Å². The molecule has 0 aliphatic carbocycles. The summed E-state index contributed by atoms with van der Waals surface area (Å²) in [6.45, 7) is 6.00. The second-order valence-electron chi connectivity index (χ2n) is 4.68. The Bertz CT molecular complexity index is 597. The first-order valence-corrected chi connectivity index (χ1v) is 7.32. The van der Waals surface area contributed by atoms with E-state index < -0.39 is 0 Å². The van der Waals surface area contributed by atoms with Crippen molar-refractivity contribution in [2.75, 3.05) is 5.32 Å². The third-order valence-electron chi connectivity index (χ3n) is 3.17. The Morgan fingerprint density at radius 3 is 2.40 bits per heavy atom. The average molecular weight is 310 g/mol. The zero-order valence-electron chi connectivity index (χ0n) is 11.7. The maximum absolute atomic E-state index is 6.14. The van der Waals surface area contributed by atoms with Gasteiger partial charge in [-0.15, -0.1) is 0 Å². The van der Waals surface area contributed by atoms with Gasteiger partial charge < -0.3 is 5.32 Å². The van der Waals surface area contributed by atoms with E-state index in [-0.39, 0.29) is 6.04 Å². The highest BCUT2D eigenvalue weighted by Gasteiger charge is 2.12. The fourth-order valence-corrected chi connectivity index (χ4v) is 2.18. The van der Waals surface area contributed by atoms with Crippen molar-refractivity contribution in [1.29, 1.82) is 0 Å². The minimum absolute atomic E-state index is 0.113. The van der Waals surface area contributed by atoms with Gasteiger partial charge in [0.15, 0.2) is 0 Å². The summed E-state index contributed by atoms with van der Waals surface area (Å²) in [7, 11) is 0. The number of aryl methyl sites for hydroxylation is 1. The molecule has 1 aromatic heterocycles. The van der Waals surface area contributed by atoms with Gasteiger partial charge in [-0.3, -0.25) is 0 Å². The maximum Gasteiger partial charge on any atom is 0.137 e. The van der Waals surface area contributed by atoms with Crippen molar-refractivity contribution in [1.82, 2.24) is 9.97 Å². The molecule has 0 radical (unpaired) electrons. The molecule has 0 amide bonds. The first kappa shape index (κ1) is 15.1. The molecule has 0 aliphatic heterocycles. The smallest absolute Gasteiger partial charge is 0.137 e. The Morgan fingerprint density at radius 2 is 1.80 bits per heavy atom. The van der Waals surface area contributed by atoms with Crippen LogP contribution in [-0.4, -0.2) is 9.97 Å². The van der Waals surface area contributed by atoms with Gasteiger partial charge in [-0.2, -0.15) is 0 Å². The van der Waals surface area contributed by atoms with Gasteiger partial charge in [0.05, 0.1) is 0 Å². The predicted octanol–water partition coefficient (Wildman–Crippen LogP) is 4.83. The van der Waals surface area contributed by atoms with Crippen molar-refractivity contribution in [2.45, 2.75) is 33.2 Å². The van der Waals surface area contributed by atoms with Crippen molar-refractivity contribution < 1.29 is 0 Å². The van der Waals surface area contributed by atoms with E-state index >= 15 is 0 Å². The number of rotatable bonds is 4. The van der Waals surface area contributed by atoms with Crippen molar-refractivity contribution in [2.24, 2.45) is 0 Å². The van der Waals surface area contributed by atoms with Crippen LogP contribution < -0.4 is 5.32 Å². The number of hydrogen-bond acceptors (Lipinski definition) is 3. The molecule has 106 valence electrons. The highest BCUT2D eigenvalue weighted by atomic mass is 35.5. The average Bonchev–Trinajstić information content (AvgIpc) is 2.44. The molecule has 20 heavy (non-hydrogen) atoms. The normalized spacial score (nSPS) is 12.2. The summed E-state index contributed by atoms with van der Waals surface area (Å²) >= 11 is 12.0. The number of nitrogens with zero attached hydrogens (tertiary/aromatic N) is 2. The Balaban J connectivity index is 2.25. The molecule has 0 spiro atoms. The van der Waals surface area contributed by atoms with Crippen LogP contribution in [0.2, 0.25) is 10.2 Å². The van der Waals surface area contributed by atoms with Gasteiger partial charge in [0.2, 0.25) is 0 Å². The van der Waals surface area contributed by atoms with Crippen LogP contribution in [0.25, 0.3) is 0 Å².